The van der Waals surface area contributed by atoms with Gasteiger partial charge in [0, 0.05) is 12.4 Å². The Kier molecular flexibility index (Phi) is 3.01. The molecule has 0 saturated heterocycles. The zero-order chi connectivity index (χ0) is 13.3. The number of hydrogen-bond acceptors (Lipinski definition) is 5. The Bertz CT molecular complexity index is 539. The van der Waals surface area contributed by atoms with Crippen molar-refractivity contribution in [1.82, 2.24) is 19.5 Å². The van der Waals surface area contributed by atoms with E-state index < -0.39 is 23.9 Å². The fourth-order valence-corrected chi connectivity index (χ4v) is 1.22. The predicted molar refractivity (Wildman–Crippen MR) is 51.3 cm³/mol. The molecular formula is C9H7F3N4O2. The lowest BCUT2D eigenvalue weighted by molar-refractivity contribution is -0.141. The molecule has 2 N–H and O–H groups in total. The monoisotopic (exact) mass is 260 g/mol. The van der Waals surface area contributed by atoms with E-state index in [2.05, 4.69) is 15.0 Å². The molecule has 2 aromatic rings. The van der Waals surface area contributed by atoms with Crippen LogP contribution in [0.25, 0.3) is 5.95 Å². The van der Waals surface area contributed by atoms with Gasteiger partial charge in [-0.2, -0.15) is 13.2 Å². The fourth-order valence-electron chi connectivity index (χ4n) is 1.22. The molecule has 0 saturated carbocycles. The van der Waals surface area contributed by atoms with Crippen molar-refractivity contribution >= 4 is 0 Å². The van der Waals surface area contributed by atoms with Crippen LogP contribution in [0, 0.1) is 0 Å². The van der Waals surface area contributed by atoms with Gasteiger partial charge in [-0.15, -0.1) is 0 Å². The molecule has 0 amide bonds. The summed E-state index contributed by atoms with van der Waals surface area (Å²) < 4.78 is 38.8. The number of hydrogen-bond donors (Lipinski definition) is 2. The van der Waals surface area contributed by atoms with Gasteiger partial charge in [0.15, 0.2) is 6.29 Å². The second-order valence-electron chi connectivity index (χ2n) is 3.32. The number of imidazole rings is 1. The van der Waals surface area contributed by atoms with E-state index in [1.165, 1.54) is 18.7 Å². The standard InChI is InChI=1S/C9H7F3N4O2/c10-9(11,12)6-3-5(7(17)18)14-8(15-6)16-2-1-13-4-16/h1-4,7,17-18H. The topological polar surface area (TPSA) is 84.1 Å². The number of rotatable bonds is 2. The second-order valence-corrected chi connectivity index (χ2v) is 3.32. The van der Waals surface area contributed by atoms with Crippen LogP contribution in [-0.2, 0) is 6.18 Å². The molecule has 0 aliphatic rings. The van der Waals surface area contributed by atoms with Gasteiger partial charge in [-0.1, -0.05) is 0 Å². The molecule has 0 spiro atoms. The van der Waals surface area contributed by atoms with E-state index in [-0.39, 0.29) is 5.95 Å². The number of aliphatic hydroxyl groups is 2. The molecule has 2 aromatic heterocycles. The molecule has 2 heterocycles. The molecule has 0 aliphatic heterocycles. The molecule has 0 aromatic carbocycles. The summed E-state index contributed by atoms with van der Waals surface area (Å²) in [7, 11) is 0. The maximum atomic E-state index is 12.6. The van der Waals surface area contributed by atoms with Crippen LogP contribution < -0.4 is 0 Å². The van der Waals surface area contributed by atoms with Gasteiger partial charge in [-0.25, -0.2) is 15.0 Å². The van der Waals surface area contributed by atoms with E-state index in [1.807, 2.05) is 0 Å². The first-order valence-electron chi connectivity index (χ1n) is 4.68. The summed E-state index contributed by atoms with van der Waals surface area (Å²) in [4.78, 5) is 10.5. The smallest absolute Gasteiger partial charge is 0.363 e. The maximum Gasteiger partial charge on any atom is 0.433 e. The first-order chi connectivity index (χ1) is 8.38. The van der Waals surface area contributed by atoms with Crippen molar-refractivity contribution in [3.63, 3.8) is 0 Å². The first-order valence-corrected chi connectivity index (χ1v) is 4.68. The molecule has 9 heteroatoms. The van der Waals surface area contributed by atoms with Crippen molar-refractivity contribution in [1.29, 1.82) is 0 Å². The molecule has 0 bridgehead atoms. The van der Waals surface area contributed by atoms with Crippen LogP contribution in [0.15, 0.2) is 24.8 Å². The molecule has 0 radical (unpaired) electrons. The van der Waals surface area contributed by atoms with Crippen LogP contribution >= 0.6 is 0 Å². The number of aliphatic hydroxyl groups excluding tert-OH is 1. The van der Waals surface area contributed by atoms with E-state index in [0.29, 0.717) is 6.07 Å². The highest BCUT2D eigenvalue weighted by atomic mass is 19.4. The molecule has 0 unspecified atom stereocenters. The van der Waals surface area contributed by atoms with Gasteiger partial charge >= 0.3 is 6.18 Å². The summed E-state index contributed by atoms with van der Waals surface area (Å²) in [5.74, 6) is -0.342. The van der Waals surface area contributed by atoms with Crippen molar-refractivity contribution < 1.29 is 23.4 Å². The molecule has 0 atom stereocenters. The van der Waals surface area contributed by atoms with Gasteiger partial charge in [0.2, 0.25) is 5.95 Å². The van der Waals surface area contributed by atoms with Crippen molar-refractivity contribution in [3.05, 3.63) is 36.2 Å². The minimum atomic E-state index is -4.71. The van der Waals surface area contributed by atoms with Gasteiger partial charge in [0.05, 0.1) is 0 Å². The molecule has 96 valence electrons. The molecule has 6 nitrogen and oxygen atoms in total. The fraction of sp³-hybridized carbons (Fsp3) is 0.222. The SMILES string of the molecule is OC(O)c1cc(C(F)(F)F)nc(-n2ccnc2)n1. The lowest BCUT2D eigenvalue weighted by Gasteiger charge is -2.11. The van der Waals surface area contributed by atoms with E-state index in [4.69, 9.17) is 10.2 Å². The third-order valence-corrected chi connectivity index (χ3v) is 2.02. The highest BCUT2D eigenvalue weighted by molar-refractivity contribution is 5.22. The lowest BCUT2D eigenvalue weighted by atomic mass is 10.3. The molecule has 0 aliphatic carbocycles. The Morgan fingerprint density at radius 2 is 1.94 bits per heavy atom. The summed E-state index contributed by atoms with van der Waals surface area (Å²) >= 11 is 0. The molecule has 0 fully saturated rings. The Morgan fingerprint density at radius 3 is 2.44 bits per heavy atom. The molecular weight excluding hydrogens is 253 g/mol. The zero-order valence-electron chi connectivity index (χ0n) is 8.70. The van der Waals surface area contributed by atoms with Crippen LogP contribution in [-0.4, -0.2) is 29.7 Å². The van der Waals surface area contributed by atoms with Crippen molar-refractivity contribution in [2.45, 2.75) is 12.5 Å². The number of halogens is 3. The van der Waals surface area contributed by atoms with Gasteiger partial charge in [0.25, 0.3) is 0 Å². The minimum Gasteiger partial charge on any atom is -0.363 e. The summed E-state index contributed by atoms with van der Waals surface area (Å²) in [6.45, 7) is 0. The third-order valence-electron chi connectivity index (χ3n) is 2.02. The predicted octanol–water partition coefficient (Wildman–Crippen LogP) is 0.664. The second kappa shape index (κ2) is 4.35. The number of alkyl halides is 3. The Hall–Kier alpha value is -2.00. The summed E-state index contributed by atoms with van der Waals surface area (Å²) in [6, 6.07) is 0.477. The van der Waals surface area contributed by atoms with Crippen LogP contribution in [0.5, 0.6) is 0 Å². The average molecular weight is 260 g/mol. The van der Waals surface area contributed by atoms with Crippen molar-refractivity contribution in [3.8, 4) is 5.95 Å². The highest BCUT2D eigenvalue weighted by Gasteiger charge is 2.34. The van der Waals surface area contributed by atoms with Crippen LogP contribution in [0.1, 0.15) is 17.7 Å². The minimum absolute atomic E-state index is 0.342. The summed E-state index contributed by atoms with van der Waals surface area (Å²) in [5, 5.41) is 17.8. The Balaban J connectivity index is 2.57. The maximum absolute atomic E-state index is 12.6. The van der Waals surface area contributed by atoms with E-state index in [9.17, 15) is 13.2 Å². The summed E-state index contributed by atoms with van der Waals surface area (Å²) in [5.41, 5.74) is -1.80. The average Bonchev–Trinajstić information content (AvgIpc) is 2.80. The van der Waals surface area contributed by atoms with Crippen molar-refractivity contribution in [2.75, 3.05) is 0 Å². The van der Waals surface area contributed by atoms with Gasteiger partial charge in [-0.05, 0) is 6.07 Å². The van der Waals surface area contributed by atoms with E-state index in [0.717, 1.165) is 4.57 Å². The zero-order valence-corrected chi connectivity index (χ0v) is 8.70. The number of aromatic nitrogens is 4. The van der Waals surface area contributed by atoms with E-state index >= 15 is 0 Å². The van der Waals surface area contributed by atoms with E-state index in [1.54, 1.807) is 0 Å². The lowest BCUT2D eigenvalue weighted by Crippen LogP contribution is -2.14. The Labute approximate surface area is 98.4 Å². The third kappa shape index (κ3) is 2.46. The van der Waals surface area contributed by atoms with Crippen LogP contribution in [0.4, 0.5) is 13.2 Å². The normalized spacial score (nSPS) is 12.1. The van der Waals surface area contributed by atoms with Crippen LogP contribution in [0.3, 0.4) is 0 Å². The van der Waals surface area contributed by atoms with Crippen molar-refractivity contribution in [2.24, 2.45) is 0 Å². The largest absolute Gasteiger partial charge is 0.433 e. The Morgan fingerprint density at radius 1 is 1.22 bits per heavy atom. The molecule has 18 heavy (non-hydrogen) atoms. The molecule has 2 rings (SSSR count). The van der Waals surface area contributed by atoms with Gasteiger partial charge in [0.1, 0.15) is 17.7 Å². The summed E-state index contributed by atoms with van der Waals surface area (Å²) in [6.07, 6.45) is -2.96. The van der Waals surface area contributed by atoms with Gasteiger partial charge in [-0.3, -0.25) is 4.57 Å². The first kappa shape index (κ1) is 12.5. The highest BCUT2D eigenvalue weighted by Crippen LogP contribution is 2.29. The van der Waals surface area contributed by atoms with Gasteiger partial charge < -0.3 is 10.2 Å². The quantitative estimate of drug-likeness (QED) is 0.775. The van der Waals surface area contributed by atoms with Crippen LogP contribution in [0.2, 0.25) is 0 Å². The number of nitrogens with zero attached hydrogens (tertiary/aromatic N) is 4.